The highest BCUT2D eigenvalue weighted by molar-refractivity contribution is 5.96. The molecule has 25 heavy (non-hydrogen) atoms. The Hall–Kier alpha value is -3.46. The van der Waals surface area contributed by atoms with Crippen LogP contribution in [0.1, 0.15) is 17.3 Å². The average Bonchev–Trinajstić information content (AvgIpc) is 3.03. The van der Waals surface area contributed by atoms with Gasteiger partial charge in [0.2, 0.25) is 5.91 Å². The lowest BCUT2D eigenvalue weighted by Gasteiger charge is -2.10. The Morgan fingerprint density at radius 3 is 2.84 bits per heavy atom. The van der Waals surface area contributed by atoms with Crippen LogP contribution in [0.4, 0.5) is 0 Å². The van der Waals surface area contributed by atoms with E-state index in [1.54, 1.807) is 30.3 Å². The smallest absolute Gasteiger partial charge is 0.248 e. The number of hydrogen-bond donors (Lipinski definition) is 2. The largest absolute Gasteiger partial charge is 0.493 e. The highest BCUT2D eigenvalue weighted by Gasteiger charge is 2.13. The first-order valence-corrected chi connectivity index (χ1v) is 7.75. The first kappa shape index (κ1) is 16.4. The molecule has 1 amide bonds. The Balaban J connectivity index is 2.03. The summed E-state index contributed by atoms with van der Waals surface area (Å²) in [4.78, 5) is 19.1. The Kier molecular flexibility index (Phi) is 4.57. The van der Waals surface area contributed by atoms with Crippen LogP contribution < -0.4 is 15.2 Å². The molecular weight excluding hydrogens is 318 g/mol. The summed E-state index contributed by atoms with van der Waals surface area (Å²) in [5.74, 6) is 3.82. The molecular formula is C19H17N3O3. The van der Waals surface area contributed by atoms with Crippen LogP contribution in [0.25, 0.3) is 22.4 Å². The summed E-state index contributed by atoms with van der Waals surface area (Å²) < 4.78 is 11.1. The SMILES string of the molecule is C#CCOc1ccc(-c2nc3cc(C(N)=O)ccc3[nH]2)c(OCC)c1. The number of H-pyrrole nitrogens is 1. The van der Waals surface area contributed by atoms with Crippen molar-refractivity contribution in [3.63, 3.8) is 0 Å². The number of hydrogen-bond acceptors (Lipinski definition) is 4. The number of aromatic nitrogens is 2. The number of amides is 1. The van der Waals surface area contributed by atoms with Crippen LogP contribution in [0.3, 0.4) is 0 Å². The van der Waals surface area contributed by atoms with Gasteiger partial charge in [-0.2, -0.15) is 0 Å². The predicted molar refractivity (Wildman–Crippen MR) is 95.5 cm³/mol. The van der Waals surface area contributed by atoms with Gasteiger partial charge in [-0.05, 0) is 37.3 Å². The molecule has 0 saturated carbocycles. The van der Waals surface area contributed by atoms with Crippen molar-refractivity contribution in [3.8, 4) is 35.2 Å². The zero-order valence-electron chi connectivity index (χ0n) is 13.7. The lowest BCUT2D eigenvalue weighted by atomic mass is 10.2. The lowest BCUT2D eigenvalue weighted by molar-refractivity contribution is 0.100. The number of nitrogens with two attached hydrogens (primary N) is 1. The van der Waals surface area contributed by atoms with Gasteiger partial charge in [0.1, 0.15) is 23.9 Å². The van der Waals surface area contributed by atoms with E-state index in [2.05, 4.69) is 15.9 Å². The monoisotopic (exact) mass is 335 g/mol. The predicted octanol–water partition coefficient (Wildman–Crippen LogP) is 2.74. The molecule has 1 heterocycles. The molecule has 0 aliphatic heterocycles. The van der Waals surface area contributed by atoms with E-state index in [-0.39, 0.29) is 6.61 Å². The first-order chi connectivity index (χ1) is 12.1. The van der Waals surface area contributed by atoms with Crippen molar-refractivity contribution in [2.45, 2.75) is 6.92 Å². The van der Waals surface area contributed by atoms with Crippen LogP contribution in [0, 0.1) is 12.3 Å². The maximum atomic E-state index is 11.3. The van der Waals surface area contributed by atoms with Crippen LogP contribution >= 0.6 is 0 Å². The number of nitrogens with zero attached hydrogens (tertiary/aromatic N) is 1. The van der Waals surface area contributed by atoms with Gasteiger partial charge in [-0.1, -0.05) is 5.92 Å². The molecule has 0 bridgehead atoms. The van der Waals surface area contributed by atoms with E-state index >= 15 is 0 Å². The van der Waals surface area contributed by atoms with Crippen molar-refractivity contribution in [3.05, 3.63) is 42.0 Å². The second-order valence-corrected chi connectivity index (χ2v) is 5.27. The van der Waals surface area contributed by atoms with Crippen molar-refractivity contribution in [1.29, 1.82) is 0 Å². The summed E-state index contributed by atoms with van der Waals surface area (Å²) in [6, 6.07) is 10.5. The van der Waals surface area contributed by atoms with Gasteiger partial charge >= 0.3 is 0 Å². The van der Waals surface area contributed by atoms with Crippen molar-refractivity contribution >= 4 is 16.9 Å². The second kappa shape index (κ2) is 6.97. The first-order valence-electron chi connectivity index (χ1n) is 7.75. The van der Waals surface area contributed by atoms with Gasteiger partial charge in [0.05, 0.1) is 23.2 Å². The molecule has 126 valence electrons. The minimum absolute atomic E-state index is 0.186. The molecule has 0 unspecified atom stereocenters. The molecule has 0 radical (unpaired) electrons. The summed E-state index contributed by atoms with van der Waals surface area (Å²) in [7, 11) is 0. The summed E-state index contributed by atoms with van der Waals surface area (Å²) >= 11 is 0. The van der Waals surface area contributed by atoms with E-state index in [9.17, 15) is 4.79 Å². The summed E-state index contributed by atoms with van der Waals surface area (Å²) in [6.07, 6.45) is 5.22. The highest BCUT2D eigenvalue weighted by atomic mass is 16.5. The minimum atomic E-state index is -0.489. The number of nitrogens with one attached hydrogen (secondary N) is 1. The standard InChI is InChI=1S/C19H17N3O3/c1-3-9-25-13-6-7-14(17(11-13)24-4-2)19-21-15-8-5-12(18(20)23)10-16(15)22-19/h1,5-8,10-11H,4,9H2,2H3,(H2,20,23)(H,21,22). The molecule has 3 N–H and O–H groups in total. The van der Waals surface area contributed by atoms with Crippen molar-refractivity contribution in [2.75, 3.05) is 13.2 Å². The normalized spacial score (nSPS) is 10.4. The molecule has 3 aromatic rings. The van der Waals surface area contributed by atoms with Crippen molar-refractivity contribution < 1.29 is 14.3 Å². The molecule has 2 aromatic carbocycles. The van der Waals surface area contributed by atoms with Gasteiger partial charge in [0.15, 0.2) is 0 Å². The fourth-order valence-electron chi connectivity index (χ4n) is 2.47. The van der Waals surface area contributed by atoms with Gasteiger partial charge < -0.3 is 20.2 Å². The van der Waals surface area contributed by atoms with E-state index < -0.39 is 5.91 Å². The molecule has 3 rings (SSSR count). The molecule has 0 atom stereocenters. The van der Waals surface area contributed by atoms with Gasteiger partial charge in [-0.15, -0.1) is 6.42 Å². The maximum Gasteiger partial charge on any atom is 0.248 e. The second-order valence-electron chi connectivity index (χ2n) is 5.27. The maximum absolute atomic E-state index is 11.3. The number of ether oxygens (including phenoxy) is 2. The van der Waals surface area contributed by atoms with Crippen LogP contribution in [-0.4, -0.2) is 29.1 Å². The fourth-order valence-corrected chi connectivity index (χ4v) is 2.47. The van der Waals surface area contributed by atoms with E-state index in [4.69, 9.17) is 21.6 Å². The molecule has 6 heteroatoms. The van der Waals surface area contributed by atoms with E-state index in [0.29, 0.717) is 35.0 Å². The third-order valence-corrected chi connectivity index (χ3v) is 3.60. The quantitative estimate of drug-likeness (QED) is 0.678. The fraction of sp³-hybridized carbons (Fsp3) is 0.158. The Labute approximate surface area is 145 Å². The Morgan fingerprint density at radius 1 is 1.28 bits per heavy atom. The van der Waals surface area contributed by atoms with Crippen molar-refractivity contribution in [1.82, 2.24) is 9.97 Å². The minimum Gasteiger partial charge on any atom is -0.493 e. The van der Waals surface area contributed by atoms with Crippen LogP contribution in [0.15, 0.2) is 36.4 Å². The number of benzene rings is 2. The zero-order valence-corrected chi connectivity index (χ0v) is 13.7. The van der Waals surface area contributed by atoms with Gasteiger partial charge in [0.25, 0.3) is 0 Å². The van der Waals surface area contributed by atoms with Crippen LogP contribution in [0.2, 0.25) is 0 Å². The summed E-state index contributed by atoms with van der Waals surface area (Å²) in [5.41, 5.74) is 7.97. The Bertz CT molecular complexity index is 970. The van der Waals surface area contributed by atoms with Gasteiger partial charge in [0, 0.05) is 11.6 Å². The third-order valence-electron chi connectivity index (χ3n) is 3.60. The number of terminal acetylenes is 1. The number of aromatic amines is 1. The van der Waals surface area contributed by atoms with Crippen molar-refractivity contribution in [2.24, 2.45) is 5.73 Å². The van der Waals surface area contributed by atoms with E-state index in [0.717, 1.165) is 11.1 Å². The summed E-state index contributed by atoms with van der Waals surface area (Å²) in [5, 5.41) is 0. The number of carbonyl (C=O) groups is 1. The van der Waals surface area contributed by atoms with Crippen LogP contribution in [-0.2, 0) is 0 Å². The number of fused-ring (bicyclic) bond motifs is 1. The topological polar surface area (TPSA) is 90.2 Å². The van der Waals surface area contributed by atoms with Gasteiger partial charge in [-0.3, -0.25) is 4.79 Å². The molecule has 1 aromatic heterocycles. The molecule has 6 nitrogen and oxygen atoms in total. The molecule has 0 spiro atoms. The number of imidazole rings is 1. The number of carbonyl (C=O) groups excluding carboxylic acids is 1. The molecule has 0 fully saturated rings. The Morgan fingerprint density at radius 2 is 2.12 bits per heavy atom. The van der Waals surface area contributed by atoms with E-state index in [1.807, 2.05) is 13.0 Å². The number of primary amides is 1. The highest BCUT2D eigenvalue weighted by Crippen LogP contribution is 2.33. The molecule has 0 aliphatic rings. The molecule has 0 aliphatic carbocycles. The molecule has 0 saturated heterocycles. The van der Waals surface area contributed by atoms with Gasteiger partial charge in [-0.25, -0.2) is 4.98 Å². The van der Waals surface area contributed by atoms with E-state index in [1.165, 1.54) is 0 Å². The van der Waals surface area contributed by atoms with Crippen LogP contribution in [0.5, 0.6) is 11.5 Å². The lowest BCUT2D eigenvalue weighted by Crippen LogP contribution is -2.10. The average molecular weight is 335 g/mol. The summed E-state index contributed by atoms with van der Waals surface area (Å²) in [6.45, 7) is 2.58. The number of rotatable bonds is 6. The third kappa shape index (κ3) is 3.40. The zero-order chi connectivity index (χ0) is 17.8.